The molecule has 2 aliphatic heterocycles. The quantitative estimate of drug-likeness (QED) is 0.154. The van der Waals surface area contributed by atoms with Crippen LogP contribution in [0.5, 0.6) is 0 Å². The molecule has 0 atom stereocenters. The maximum atomic E-state index is 2.76. The SMILES string of the molecule is CC(C)(C)c1ccc2c(c1)c1cc(C(C)(C)C)ccc1n2-c1cc(-n2c3ccc(C(C)(C)C)cc3c3cc(C(C)(C)C)ccc32)c2c3c1-n1c4ccc5ccccc5c4c4c5ccccc5cc(c41)B3c1cc3ccccc3c3c4c5ccccc5ccc4n-2c13. The van der Waals surface area contributed by atoms with Crippen molar-refractivity contribution in [2.24, 2.45) is 0 Å². The fraction of sp³-hybridized carbons (Fsp3) is 0.186. The van der Waals surface area contributed by atoms with Gasteiger partial charge >= 0.3 is 0 Å². The molecule has 17 aromatic rings. The van der Waals surface area contributed by atoms with Gasteiger partial charge in [-0.3, -0.25) is 0 Å². The molecule has 19 rings (SSSR count). The van der Waals surface area contributed by atoms with Crippen molar-refractivity contribution in [2.75, 3.05) is 0 Å². The summed E-state index contributed by atoms with van der Waals surface area (Å²) in [5.41, 5.74) is 23.6. The zero-order valence-corrected chi connectivity index (χ0v) is 54.1. The average Bonchev–Trinajstić information content (AvgIpc) is 1.55. The monoisotopic (exact) mass is 1170 g/mol. The summed E-state index contributed by atoms with van der Waals surface area (Å²) in [5, 5.41) is 20.4. The van der Waals surface area contributed by atoms with Crippen LogP contribution in [0.1, 0.15) is 105 Å². The van der Waals surface area contributed by atoms with Crippen LogP contribution in [0.25, 0.3) is 153 Å². The first-order valence-corrected chi connectivity index (χ1v) is 32.9. The third kappa shape index (κ3) is 7.02. The first-order valence-electron chi connectivity index (χ1n) is 32.9. The molecule has 0 spiro atoms. The Labute approximate surface area is 530 Å². The molecule has 0 saturated heterocycles. The van der Waals surface area contributed by atoms with Gasteiger partial charge in [0.15, 0.2) is 0 Å². The molecule has 0 bridgehead atoms. The summed E-state index contributed by atoms with van der Waals surface area (Å²) < 4.78 is 10.9. The zero-order chi connectivity index (χ0) is 61.8. The highest BCUT2D eigenvalue weighted by Crippen LogP contribution is 2.51. The molecule has 0 N–H and O–H groups in total. The molecule has 4 nitrogen and oxygen atoms in total. The molecular formula is C86H71BN4. The van der Waals surface area contributed by atoms with Crippen LogP contribution in [-0.2, 0) is 21.7 Å². The van der Waals surface area contributed by atoms with Crippen molar-refractivity contribution in [3.8, 4) is 22.7 Å². The largest absolute Gasteiger partial charge is 0.308 e. The molecule has 0 amide bonds. The molecule has 0 aliphatic carbocycles. The van der Waals surface area contributed by atoms with Crippen molar-refractivity contribution in [3.63, 3.8) is 0 Å². The van der Waals surface area contributed by atoms with Gasteiger partial charge in [0.05, 0.1) is 66.9 Å². The summed E-state index contributed by atoms with van der Waals surface area (Å²) in [6, 6.07) is 83.7. The lowest BCUT2D eigenvalue weighted by atomic mass is 9.34. The van der Waals surface area contributed by atoms with E-state index in [0.29, 0.717) is 0 Å². The Morgan fingerprint density at radius 3 is 0.879 bits per heavy atom. The fourth-order valence-corrected chi connectivity index (χ4v) is 16.9. The molecule has 0 unspecified atom stereocenters. The third-order valence-electron chi connectivity index (χ3n) is 21.4. The summed E-state index contributed by atoms with van der Waals surface area (Å²) in [6.45, 7) is 28.1. The van der Waals surface area contributed by atoms with Crippen molar-refractivity contribution in [2.45, 2.75) is 105 Å². The van der Waals surface area contributed by atoms with Gasteiger partial charge in [-0.25, -0.2) is 0 Å². The van der Waals surface area contributed by atoms with E-state index >= 15 is 0 Å². The lowest BCUT2D eigenvalue weighted by Crippen LogP contribution is -2.60. The number of hydrogen-bond donors (Lipinski definition) is 0. The second-order valence-corrected chi connectivity index (χ2v) is 30.9. The van der Waals surface area contributed by atoms with E-state index in [9.17, 15) is 0 Å². The van der Waals surface area contributed by atoms with Crippen molar-refractivity contribution in [1.29, 1.82) is 0 Å². The second kappa shape index (κ2) is 17.6. The third-order valence-corrected chi connectivity index (χ3v) is 21.4. The number of fused-ring (bicyclic) bond motifs is 24. The minimum atomic E-state index is -0.199. The van der Waals surface area contributed by atoms with Crippen LogP contribution in [0, 0.1) is 0 Å². The van der Waals surface area contributed by atoms with Gasteiger partial charge in [-0.1, -0.05) is 229 Å². The summed E-state index contributed by atoms with van der Waals surface area (Å²) in [5.74, 6) is 0. The van der Waals surface area contributed by atoms with E-state index in [4.69, 9.17) is 0 Å². The van der Waals surface area contributed by atoms with Gasteiger partial charge in [-0.2, -0.15) is 0 Å². The predicted octanol–water partition coefficient (Wildman–Crippen LogP) is 21.0. The summed E-state index contributed by atoms with van der Waals surface area (Å²) in [6.07, 6.45) is 0. The van der Waals surface area contributed by atoms with Gasteiger partial charge in [0.2, 0.25) is 0 Å². The highest BCUT2D eigenvalue weighted by Gasteiger charge is 2.45. The summed E-state index contributed by atoms with van der Waals surface area (Å²) in [7, 11) is 0. The maximum absolute atomic E-state index is 2.76. The van der Waals surface area contributed by atoms with E-state index in [1.807, 2.05) is 0 Å². The number of rotatable bonds is 2. The van der Waals surface area contributed by atoms with Gasteiger partial charge in [0, 0.05) is 43.1 Å². The van der Waals surface area contributed by atoms with Gasteiger partial charge < -0.3 is 18.3 Å². The van der Waals surface area contributed by atoms with Crippen molar-refractivity contribution in [1.82, 2.24) is 18.3 Å². The van der Waals surface area contributed by atoms with E-state index in [1.54, 1.807) is 0 Å². The van der Waals surface area contributed by atoms with Gasteiger partial charge in [-0.05, 0) is 170 Å². The molecule has 5 heteroatoms. The van der Waals surface area contributed by atoms with Crippen LogP contribution in [0.2, 0.25) is 0 Å². The van der Waals surface area contributed by atoms with Crippen LogP contribution < -0.4 is 16.4 Å². The normalized spacial score (nSPS) is 13.7. The van der Waals surface area contributed by atoms with Crippen LogP contribution >= 0.6 is 0 Å². The number of benzene rings is 13. The Bertz CT molecular complexity index is 5660. The second-order valence-electron chi connectivity index (χ2n) is 30.9. The van der Waals surface area contributed by atoms with Crippen LogP contribution in [0.15, 0.2) is 212 Å². The lowest BCUT2D eigenvalue weighted by Gasteiger charge is -2.37. The molecule has 438 valence electrons. The Morgan fingerprint density at radius 2 is 0.549 bits per heavy atom. The van der Waals surface area contributed by atoms with Gasteiger partial charge in [0.25, 0.3) is 6.71 Å². The minimum Gasteiger partial charge on any atom is -0.308 e. The minimum absolute atomic E-state index is 0.0720. The van der Waals surface area contributed by atoms with Crippen molar-refractivity contribution in [3.05, 3.63) is 235 Å². The predicted molar refractivity (Wildman–Crippen MR) is 393 cm³/mol. The highest BCUT2D eigenvalue weighted by atomic mass is 15.1. The van der Waals surface area contributed by atoms with E-state index in [-0.39, 0.29) is 28.4 Å². The van der Waals surface area contributed by atoms with Crippen molar-refractivity contribution >= 4 is 153 Å². The Morgan fingerprint density at radius 1 is 0.253 bits per heavy atom. The van der Waals surface area contributed by atoms with E-state index < -0.39 is 0 Å². The summed E-state index contributed by atoms with van der Waals surface area (Å²) >= 11 is 0. The molecule has 6 heterocycles. The van der Waals surface area contributed by atoms with Crippen LogP contribution in [0.3, 0.4) is 0 Å². The first kappa shape index (κ1) is 53.0. The smallest absolute Gasteiger partial charge is 0.252 e. The van der Waals surface area contributed by atoms with Crippen molar-refractivity contribution < 1.29 is 0 Å². The Hall–Kier alpha value is -9.84. The molecule has 0 saturated carbocycles. The fourth-order valence-electron chi connectivity index (χ4n) is 16.9. The molecule has 2 aliphatic rings. The standard InChI is InChI=1S/C86H71BN4/c1-83(2,3)52-31-37-66-60(43-52)61-44-53(84(4,5)6)32-38-67(61)88(66)72-47-73(89-68-39-33-54(85(7,8)9)45-62(68)63-46-55(86(10,11)12)34-40-69(63)89)82-78-81(72)90-70-35-29-48-21-13-17-25-56(48)74(70)76-58-27-19-15-23-50(58)41-64(79(76)90)87(78)65-42-51-24-16-20-28-59(51)77-75-57-26-18-14-22-49(57)30-36-71(75)91(82)80(65)77/h13-47H,1-12H3. The average molecular weight is 1170 g/mol. The Balaban J connectivity index is 1.12. The first-order chi connectivity index (χ1) is 43.7. The highest BCUT2D eigenvalue weighted by molar-refractivity contribution is 7.01. The molecule has 4 aromatic heterocycles. The van der Waals surface area contributed by atoms with E-state index in [0.717, 1.165) is 11.4 Å². The van der Waals surface area contributed by atoms with Gasteiger partial charge in [0.1, 0.15) is 0 Å². The molecule has 91 heavy (non-hydrogen) atoms. The van der Waals surface area contributed by atoms with E-state index in [1.165, 1.54) is 180 Å². The number of hydrogen-bond acceptors (Lipinski definition) is 0. The molecule has 13 aromatic carbocycles. The molecular weight excluding hydrogens is 1100 g/mol. The maximum Gasteiger partial charge on any atom is 0.252 e. The van der Waals surface area contributed by atoms with E-state index in [2.05, 4.69) is 314 Å². The Kier molecular flexibility index (Phi) is 10.2. The number of aromatic nitrogens is 4. The lowest BCUT2D eigenvalue weighted by molar-refractivity contribution is 0.590. The van der Waals surface area contributed by atoms with Crippen LogP contribution in [-0.4, -0.2) is 25.0 Å². The zero-order valence-electron chi connectivity index (χ0n) is 54.1. The van der Waals surface area contributed by atoms with Gasteiger partial charge in [-0.15, -0.1) is 0 Å². The molecule has 0 radical (unpaired) electrons. The topological polar surface area (TPSA) is 19.7 Å². The van der Waals surface area contributed by atoms with Crippen LogP contribution in [0.4, 0.5) is 0 Å². The summed E-state index contributed by atoms with van der Waals surface area (Å²) in [4.78, 5) is 0. The number of nitrogens with zero attached hydrogens (tertiary/aromatic N) is 4. The molecule has 0 fully saturated rings.